The standard InChI is InChI=1S/C14H17N5O3.ClH/c1-14(7-15,8-2-3-8)16-13(20)12-10-6-9(19(21)22)4-5-11(10)17-18-12;/h4-6,8H,2-3,7,15H2,1H3,(H,16,20)(H,17,18);1H. The number of carbonyl (C=O) groups excluding carboxylic acids is 1. The smallest absolute Gasteiger partial charge is 0.272 e. The number of aromatic amines is 1. The minimum Gasteiger partial charge on any atom is -0.344 e. The fraction of sp³-hybridized carbons (Fsp3) is 0.429. The third-order valence-corrected chi connectivity index (χ3v) is 4.27. The number of rotatable bonds is 5. The maximum Gasteiger partial charge on any atom is 0.272 e. The normalized spacial score (nSPS) is 16.4. The van der Waals surface area contributed by atoms with E-state index in [-0.39, 0.29) is 29.7 Å². The number of hydrogen-bond acceptors (Lipinski definition) is 5. The van der Waals surface area contributed by atoms with Crippen LogP contribution in [0.2, 0.25) is 0 Å². The van der Waals surface area contributed by atoms with Gasteiger partial charge in [-0.1, -0.05) is 0 Å². The van der Waals surface area contributed by atoms with E-state index >= 15 is 0 Å². The molecule has 4 N–H and O–H groups in total. The monoisotopic (exact) mass is 339 g/mol. The Hall–Kier alpha value is -2.19. The molecule has 1 aromatic carbocycles. The molecule has 0 radical (unpaired) electrons. The number of non-ortho nitro benzene ring substituents is 1. The summed E-state index contributed by atoms with van der Waals surface area (Å²) in [5.41, 5.74) is 5.98. The lowest BCUT2D eigenvalue weighted by atomic mass is 9.95. The third kappa shape index (κ3) is 3.13. The minimum absolute atomic E-state index is 0. The first kappa shape index (κ1) is 17.2. The van der Waals surface area contributed by atoms with Gasteiger partial charge in [0.2, 0.25) is 0 Å². The van der Waals surface area contributed by atoms with Crippen LogP contribution in [0.15, 0.2) is 18.2 Å². The first-order valence-corrected chi connectivity index (χ1v) is 7.10. The van der Waals surface area contributed by atoms with E-state index in [1.165, 1.54) is 12.1 Å². The van der Waals surface area contributed by atoms with E-state index < -0.39 is 10.5 Å². The van der Waals surface area contributed by atoms with Crippen LogP contribution < -0.4 is 11.1 Å². The summed E-state index contributed by atoms with van der Waals surface area (Å²) < 4.78 is 0. The summed E-state index contributed by atoms with van der Waals surface area (Å²) in [4.78, 5) is 22.9. The predicted molar refractivity (Wildman–Crippen MR) is 87.6 cm³/mol. The fourth-order valence-electron chi connectivity index (χ4n) is 2.65. The number of nitro groups is 1. The number of nitro benzene ring substituents is 1. The van der Waals surface area contributed by atoms with Crippen LogP contribution in [0, 0.1) is 16.0 Å². The number of benzene rings is 1. The van der Waals surface area contributed by atoms with E-state index in [1.54, 1.807) is 6.07 Å². The number of nitrogens with zero attached hydrogens (tertiary/aromatic N) is 2. The van der Waals surface area contributed by atoms with Crippen molar-refractivity contribution >= 4 is 34.9 Å². The molecule has 2 aromatic rings. The summed E-state index contributed by atoms with van der Waals surface area (Å²) in [6.07, 6.45) is 2.08. The van der Waals surface area contributed by atoms with Crippen molar-refractivity contribution in [1.82, 2.24) is 15.5 Å². The lowest BCUT2D eigenvalue weighted by Gasteiger charge is -2.29. The Morgan fingerprint density at radius 1 is 1.57 bits per heavy atom. The Kier molecular flexibility index (Phi) is 4.58. The van der Waals surface area contributed by atoms with E-state index in [2.05, 4.69) is 15.5 Å². The highest BCUT2D eigenvalue weighted by atomic mass is 35.5. The SMILES string of the molecule is CC(CN)(NC(=O)c1n[nH]c2ccc([N+](=O)[O-])cc12)C1CC1.Cl. The number of carbonyl (C=O) groups is 1. The molecule has 3 rings (SSSR count). The number of amides is 1. The Labute approximate surface area is 138 Å². The largest absolute Gasteiger partial charge is 0.344 e. The van der Waals surface area contributed by atoms with Crippen LogP contribution in [0.4, 0.5) is 5.69 Å². The molecular formula is C14H18ClN5O3. The van der Waals surface area contributed by atoms with Crippen molar-refractivity contribution in [2.24, 2.45) is 11.7 Å². The Balaban J connectivity index is 0.00000192. The van der Waals surface area contributed by atoms with Gasteiger partial charge in [-0.15, -0.1) is 12.4 Å². The first-order valence-electron chi connectivity index (χ1n) is 7.10. The molecule has 124 valence electrons. The molecule has 9 heteroatoms. The predicted octanol–water partition coefficient (Wildman–Crippen LogP) is 1.75. The van der Waals surface area contributed by atoms with Crippen LogP contribution in [0.5, 0.6) is 0 Å². The van der Waals surface area contributed by atoms with Crippen LogP contribution >= 0.6 is 12.4 Å². The van der Waals surface area contributed by atoms with E-state index in [0.717, 1.165) is 12.8 Å². The van der Waals surface area contributed by atoms with Gasteiger partial charge in [0, 0.05) is 24.1 Å². The lowest BCUT2D eigenvalue weighted by Crippen LogP contribution is -2.53. The summed E-state index contributed by atoms with van der Waals surface area (Å²) >= 11 is 0. The molecule has 1 heterocycles. The van der Waals surface area contributed by atoms with Crippen molar-refractivity contribution in [2.75, 3.05) is 6.54 Å². The van der Waals surface area contributed by atoms with Gasteiger partial charge in [0.1, 0.15) is 0 Å². The minimum atomic E-state index is -0.498. The summed E-state index contributed by atoms with van der Waals surface area (Å²) in [6, 6.07) is 4.27. The van der Waals surface area contributed by atoms with Crippen LogP contribution in [-0.4, -0.2) is 33.1 Å². The van der Waals surface area contributed by atoms with Gasteiger partial charge >= 0.3 is 0 Å². The quantitative estimate of drug-likeness (QED) is 0.565. The molecule has 0 bridgehead atoms. The molecule has 1 aromatic heterocycles. The molecule has 1 amide bonds. The molecule has 1 aliphatic carbocycles. The van der Waals surface area contributed by atoms with Gasteiger partial charge in [-0.3, -0.25) is 20.0 Å². The molecule has 23 heavy (non-hydrogen) atoms. The number of fused-ring (bicyclic) bond motifs is 1. The maximum absolute atomic E-state index is 12.5. The average molecular weight is 340 g/mol. The van der Waals surface area contributed by atoms with Gasteiger partial charge < -0.3 is 11.1 Å². The summed E-state index contributed by atoms with van der Waals surface area (Å²) in [5.74, 6) is 0.00703. The number of nitrogens with two attached hydrogens (primary N) is 1. The summed E-state index contributed by atoms with van der Waals surface area (Å²) in [5, 5.41) is 21.0. The Morgan fingerprint density at radius 3 is 2.83 bits per heavy atom. The first-order chi connectivity index (χ1) is 10.4. The fourth-order valence-corrected chi connectivity index (χ4v) is 2.65. The zero-order valence-corrected chi connectivity index (χ0v) is 13.4. The average Bonchev–Trinajstić information content (AvgIpc) is 3.26. The molecule has 1 aliphatic rings. The Morgan fingerprint density at radius 2 is 2.26 bits per heavy atom. The van der Waals surface area contributed by atoms with E-state index in [1.807, 2.05) is 6.92 Å². The van der Waals surface area contributed by atoms with Crippen molar-refractivity contribution in [3.05, 3.63) is 34.0 Å². The van der Waals surface area contributed by atoms with Crippen LogP contribution in [-0.2, 0) is 0 Å². The second-order valence-electron chi connectivity index (χ2n) is 5.91. The van der Waals surface area contributed by atoms with Crippen molar-refractivity contribution < 1.29 is 9.72 Å². The van der Waals surface area contributed by atoms with Crippen molar-refractivity contribution in [3.8, 4) is 0 Å². The Bertz CT molecular complexity index is 758. The van der Waals surface area contributed by atoms with Gasteiger partial charge in [-0.05, 0) is 31.7 Å². The van der Waals surface area contributed by atoms with Gasteiger partial charge in [-0.2, -0.15) is 5.10 Å². The van der Waals surface area contributed by atoms with Crippen molar-refractivity contribution in [1.29, 1.82) is 0 Å². The highest BCUT2D eigenvalue weighted by Gasteiger charge is 2.42. The van der Waals surface area contributed by atoms with Crippen molar-refractivity contribution in [2.45, 2.75) is 25.3 Å². The number of halogens is 1. The number of H-pyrrole nitrogens is 1. The maximum atomic E-state index is 12.5. The van der Waals surface area contributed by atoms with Crippen molar-refractivity contribution in [3.63, 3.8) is 0 Å². The molecule has 8 nitrogen and oxygen atoms in total. The summed E-state index contributed by atoms with van der Waals surface area (Å²) in [6.45, 7) is 2.26. The van der Waals surface area contributed by atoms with Gasteiger partial charge in [0.15, 0.2) is 5.69 Å². The highest BCUT2D eigenvalue weighted by molar-refractivity contribution is 6.05. The van der Waals surface area contributed by atoms with Crippen LogP contribution in [0.3, 0.4) is 0 Å². The zero-order valence-electron chi connectivity index (χ0n) is 12.5. The number of aromatic nitrogens is 2. The molecular weight excluding hydrogens is 322 g/mol. The lowest BCUT2D eigenvalue weighted by molar-refractivity contribution is -0.384. The van der Waals surface area contributed by atoms with E-state index in [9.17, 15) is 14.9 Å². The topological polar surface area (TPSA) is 127 Å². The zero-order chi connectivity index (χ0) is 15.9. The number of nitrogens with one attached hydrogen (secondary N) is 2. The third-order valence-electron chi connectivity index (χ3n) is 4.27. The second kappa shape index (κ2) is 6.13. The summed E-state index contributed by atoms with van der Waals surface area (Å²) in [7, 11) is 0. The molecule has 1 atom stereocenters. The molecule has 1 fully saturated rings. The van der Waals surface area contributed by atoms with Crippen LogP contribution in [0.1, 0.15) is 30.3 Å². The molecule has 0 aliphatic heterocycles. The second-order valence-corrected chi connectivity index (χ2v) is 5.91. The van der Waals surface area contributed by atoms with E-state index in [0.29, 0.717) is 23.4 Å². The molecule has 0 spiro atoms. The molecule has 0 saturated heterocycles. The van der Waals surface area contributed by atoms with Gasteiger partial charge in [0.25, 0.3) is 11.6 Å². The number of hydrogen-bond donors (Lipinski definition) is 3. The van der Waals surface area contributed by atoms with Crippen LogP contribution in [0.25, 0.3) is 10.9 Å². The molecule has 1 saturated carbocycles. The highest BCUT2D eigenvalue weighted by Crippen LogP contribution is 2.39. The molecule has 1 unspecified atom stereocenters. The van der Waals surface area contributed by atoms with E-state index in [4.69, 9.17) is 5.73 Å². The van der Waals surface area contributed by atoms with Gasteiger partial charge in [0.05, 0.1) is 16.0 Å². The van der Waals surface area contributed by atoms with Gasteiger partial charge in [-0.25, -0.2) is 0 Å².